The summed E-state index contributed by atoms with van der Waals surface area (Å²) in [7, 11) is 1.38. The Balaban J connectivity index is 2.47. The van der Waals surface area contributed by atoms with Crippen molar-refractivity contribution in [3.8, 4) is 5.75 Å². The fourth-order valence-electron chi connectivity index (χ4n) is 1.69. The number of rotatable bonds is 4. The predicted octanol–water partition coefficient (Wildman–Crippen LogP) is 3.26. The third-order valence-electron chi connectivity index (χ3n) is 2.64. The summed E-state index contributed by atoms with van der Waals surface area (Å²) >= 11 is 0. The first-order valence-corrected chi connectivity index (χ1v) is 5.55. The SMILES string of the molecule is COc1ccc(C(=O)c2ccccn2)c(C(F)F)c1. The van der Waals surface area contributed by atoms with Crippen LogP contribution in [-0.4, -0.2) is 17.9 Å². The summed E-state index contributed by atoms with van der Waals surface area (Å²) in [6.07, 6.45) is -1.31. The number of ether oxygens (including phenoxy) is 1. The minimum Gasteiger partial charge on any atom is -0.497 e. The van der Waals surface area contributed by atoms with Crippen LogP contribution in [0.5, 0.6) is 5.75 Å². The van der Waals surface area contributed by atoms with Crippen molar-refractivity contribution in [3.63, 3.8) is 0 Å². The Morgan fingerprint density at radius 1 is 1.26 bits per heavy atom. The van der Waals surface area contributed by atoms with Crippen LogP contribution in [0.1, 0.15) is 28.0 Å². The molecular formula is C14H11F2NO2. The maximum Gasteiger partial charge on any atom is 0.264 e. The van der Waals surface area contributed by atoms with E-state index in [1.165, 1.54) is 37.6 Å². The maximum absolute atomic E-state index is 13.0. The van der Waals surface area contributed by atoms with Crippen LogP contribution in [0.2, 0.25) is 0 Å². The van der Waals surface area contributed by atoms with Crippen LogP contribution in [0.15, 0.2) is 42.6 Å². The van der Waals surface area contributed by atoms with Crippen molar-refractivity contribution in [1.29, 1.82) is 0 Å². The van der Waals surface area contributed by atoms with E-state index in [0.29, 0.717) is 0 Å². The van der Waals surface area contributed by atoms with E-state index in [4.69, 9.17) is 4.74 Å². The molecule has 0 fully saturated rings. The van der Waals surface area contributed by atoms with Crippen LogP contribution < -0.4 is 4.74 Å². The van der Waals surface area contributed by atoms with Crippen molar-refractivity contribution in [2.24, 2.45) is 0 Å². The lowest BCUT2D eigenvalue weighted by Gasteiger charge is -2.09. The van der Waals surface area contributed by atoms with Gasteiger partial charge in [0, 0.05) is 17.3 Å². The van der Waals surface area contributed by atoms with E-state index in [9.17, 15) is 13.6 Å². The molecule has 3 nitrogen and oxygen atoms in total. The Morgan fingerprint density at radius 2 is 2.05 bits per heavy atom. The molecule has 5 heteroatoms. The van der Waals surface area contributed by atoms with Crippen LogP contribution in [0.3, 0.4) is 0 Å². The second-order valence-electron chi connectivity index (χ2n) is 3.80. The smallest absolute Gasteiger partial charge is 0.264 e. The van der Waals surface area contributed by atoms with Gasteiger partial charge in [-0.2, -0.15) is 0 Å². The molecule has 0 spiro atoms. The Hall–Kier alpha value is -2.30. The number of aromatic nitrogens is 1. The Labute approximate surface area is 108 Å². The number of alkyl halides is 2. The number of benzene rings is 1. The number of methoxy groups -OCH3 is 1. The molecule has 98 valence electrons. The molecule has 1 heterocycles. The quantitative estimate of drug-likeness (QED) is 0.795. The number of pyridine rings is 1. The molecule has 1 aromatic carbocycles. The molecular weight excluding hydrogens is 252 g/mol. The van der Waals surface area contributed by atoms with Gasteiger partial charge >= 0.3 is 0 Å². The summed E-state index contributed by atoms with van der Waals surface area (Å²) < 4.78 is 30.9. The predicted molar refractivity (Wildman–Crippen MR) is 65.6 cm³/mol. The Kier molecular flexibility index (Phi) is 3.85. The van der Waals surface area contributed by atoms with Crippen molar-refractivity contribution < 1.29 is 18.3 Å². The van der Waals surface area contributed by atoms with Crippen LogP contribution in [0, 0.1) is 0 Å². The van der Waals surface area contributed by atoms with Gasteiger partial charge in [0.15, 0.2) is 0 Å². The fourth-order valence-corrected chi connectivity index (χ4v) is 1.69. The normalized spacial score (nSPS) is 10.5. The first kappa shape index (κ1) is 13.1. The summed E-state index contributed by atoms with van der Waals surface area (Å²) in [5.74, 6) is -0.244. The topological polar surface area (TPSA) is 39.2 Å². The number of hydrogen-bond donors (Lipinski definition) is 0. The third kappa shape index (κ3) is 2.76. The number of ketones is 1. The van der Waals surface area contributed by atoms with Crippen molar-refractivity contribution in [2.45, 2.75) is 6.43 Å². The molecule has 19 heavy (non-hydrogen) atoms. The van der Waals surface area contributed by atoms with Gasteiger partial charge in [-0.1, -0.05) is 6.07 Å². The van der Waals surface area contributed by atoms with E-state index < -0.39 is 12.2 Å². The first-order valence-electron chi connectivity index (χ1n) is 5.55. The van der Waals surface area contributed by atoms with Gasteiger partial charge in [-0.05, 0) is 30.3 Å². The van der Waals surface area contributed by atoms with Gasteiger partial charge in [0.1, 0.15) is 11.4 Å². The molecule has 0 N–H and O–H groups in total. The summed E-state index contributed by atoms with van der Waals surface area (Å²) in [6.45, 7) is 0. The third-order valence-corrected chi connectivity index (χ3v) is 2.64. The summed E-state index contributed by atoms with van der Waals surface area (Å²) in [6, 6.07) is 8.74. The molecule has 0 radical (unpaired) electrons. The molecule has 1 aromatic heterocycles. The lowest BCUT2D eigenvalue weighted by Crippen LogP contribution is -2.07. The molecule has 0 unspecified atom stereocenters. The minimum atomic E-state index is -2.75. The zero-order valence-electron chi connectivity index (χ0n) is 10.1. The molecule has 0 bridgehead atoms. The van der Waals surface area contributed by atoms with Crippen molar-refractivity contribution in [3.05, 3.63) is 59.4 Å². The van der Waals surface area contributed by atoms with E-state index in [-0.39, 0.29) is 22.6 Å². The molecule has 0 saturated heterocycles. The van der Waals surface area contributed by atoms with Crippen LogP contribution in [0.25, 0.3) is 0 Å². The zero-order valence-corrected chi connectivity index (χ0v) is 10.1. The van der Waals surface area contributed by atoms with E-state index in [1.807, 2.05) is 0 Å². The van der Waals surface area contributed by atoms with Gasteiger partial charge in [-0.25, -0.2) is 8.78 Å². The zero-order chi connectivity index (χ0) is 13.8. The highest BCUT2D eigenvalue weighted by atomic mass is 19.3. The lowest BCUT2D eigenvalue weighted by molar-refractivity contribution is 0.102. The number of halogens is 2. The molecule has 0 aliphatic heterocycles. The number of carbonyl (C=O) groups is 1. The Bertz CT molecular complexity index is 585. The molecule has 0 aliphatic carbocycles. The van der Waals surface area contributed by atoms with Gasteiger partial charge in [0.25, 0.3) is 6.43 Å². The summed E-state index contributed by atoms with van der Waals surface area (Å²) in [5.41, 5.74) is -0.279. The van der Waals surface area contributed by atoms with Gasteiger partial charge < -0.3 is 4.74 Å². The van der Waals surface area contributed by atoms with E-state index in [1.54, 1.807) is 12.1 Å². The molecule has 0 saturated carbocycles. The van der Waals surface area contributed by atoms with E-state index in [0.717, 1.165) is 0 Å². The lowest BCUT2D eigenvalue weighted by atomic mass is 10.0. The van der Waals surface area contributed by atoms with Gasteiger partial charge in [0.05, 0.1) is 7.11 Å². The van der Waals surface area contributed by atoms with Gasteiger partial charge in [-0.3, -0.25) is 9.78 Å². The highest BCUT2D eigenvalue weighted by Crippen LogP contribution is 2.28. The highest BCUT2D eigenvalue weighted by molar-refractivity contribution is 6.08. The maximum atomic E-state index is 13.0. The highest BCUT2D eigenvalue weighted by Gasteiger charge is 2.20. The summed E-state index contributed by atoms with van der Waals surface area (Å²) in [5, 5.41) is 0. The van der Waals surface area contributed by atoms with Crippen LogP contribution in [-0.2, 0) is 0 Å². The number of carbonyl (C=O) groups excluding carboxylic acids is 1. The second-order valence-corrected chi connectivity index (χ2v) is 3.80. The molecule has 0 atom stereocenters. The monoisotopic (exact) mass is 263 g/mol. The Morgan fingerprint density at radius 3 is 2.63 bits per heavy atom. The number of nitrogens with zero attached hydrogens (tertiary/aromatic N) is 1. The fraction of sp³-hybridized carbons (Fsp3) is 0.143. The minimum absolute atomic E-state index is 0.0606. The molecule has 2 rings (SSSR count). The average molecular weight is 263 g/mol. The molecule has 0 aliphatic rings. The molecule has 2 aromatic rings. The van der Waals surface area contributed by atoms with Crippen molar-refractivity contribution in [2.75, 3.05) is 7.11 Å². The first-order chi connectivity index (χ1) is 9.13. The summed E-state index contributed by atoms with van der Waals surface area (Å²) in [4.78, 5) is 16.0. The number of hydrogen-bond acceptors (Lipinski definition) is 3. The van der Waals surface area contributed by atoms with Crippen LogP contribution in [0.4, 0.5) is 8.78 Å². The average Bonchev–Trinajstić information content (AvgIpc) is 2.46. The largest absolute Gasteiger partial charge is 0.497 e. The van der Waals surface area contributed by atoms with E-state index in [2.05, 4.69) is 4.98 Å². The standard InChI is InChI=1S/C14H11F2NO2/c1-19-9-5-6-10(11(8-9)14(15)16)13(18)12-4-2-3-7-17-12/h2-8,14H,1H3. The molecule has 0 amide bonds. The van der Waals surface area contributed by atoms with Crippen LogP contribution >= 0.6 is 0 Å². The van der Waals surface area contributed by atoms with E-state index >= 15 is 0 Å². The van der Waals surface area contributed by atoms with Gasteiger partial charge in [-0.15, -0.1) is 0 Å². The van der Waals surface area contributed by atoms with Crippen molar-refractivity contribution >= 4 is 5.78 Å². The second kappa shape index (κ2) is 5.56. The van der Waals surface area contributed by atoms with Crippen molar-refractivity contribution in [1.82, 2.24) is 4.98 Å². The van der Waals surface area contributed by atoms with Gasteiger partial charge in [0.2, 0.25) is 5.78 Å².